The molecule has 4 aromatic rings. The summed E-state index contributed by atoms with van der Waals surface area (Å²) in [5.74, 6) is 2.06. The van der Waals surface area contributed by atoms with Gasteiger partial charge in [0.05, 0.1) is 17.6 Å². The quantitative estimate of drug-likeness (QED) is 0.311. The minimum atomic E-state index is -0.774. The molecule has 4 rings (SSSR count). The van der Waals surface area contributed by atoms with Gasteiger partial charge in [-0.3, -0.25) is 0 Å². The van der Waals surface area contributed by atoms with E-state index in [1.54, 1.807) is 0 Å². The van der Waals surface area contributed by atoms with Crippen LogP contribution >= 0.6 is 0 Å². The number of hydrogen-bond donors (Lipinski definition) is 1. The normalized spacial score (nSPS) is 12.5. The van der Waals surface area contributed by atoms with Gasteiger partial charge in [-0.2, -0.15) is 0 Å². The van der Waals surface area contributed by atoms with Crippen molar-refractivity contribution in [3.63, 3.8) is 0 Å². The van der Waals surface area contributed by atoms with Crippen molar-refractivity contribution in [1.29, 1.82) is 0 Å². The maximum absolute atomic E-state index is 11.2. The van der Waals surface area contributed by atoms with Gasteiger partial charge < -0.3 is 14.4 Å². The topological polar surface area (TPSA) is 47.3 Å². The molecule has 1 unspecified atom stereocenters. The number of aryl methyl sites for hydroxylation is 4. The summed E-state index contributed by atoms with van der Waals surface area (Å²) >= 11 is 0. The summed E-state index contributed by atoms with van der Waals surface area (Å²) in [7, 11) is 0. The number of aliphatic hydroxyl groups is 1. The Hall–Kier alpha value is -3.11. The Balaban J connectivity index is 1.59. The predicted octanol–water partition coefficient (Wildman–Crippen LogP) is 6.64. The Labute approximate surface area is 196 Å². The lowest BCUT2D eigenvalue weighted by molar-refractivity contribution is 0.203. The van der Waals surface area contributed by atoms with Gasteiger partial charge in [-0.05, 0) is 79.1 Å². The molecule has 3 aromatic carbocycles. The Morgan fingerprint density at radius 2 is 1.67 bits per heavy atom. The molecule has 1 atom stereocenters. The van der Waals surface area contributed by atoms with E-state index in [2.05, 4.69) is 69.5 Å². The van der Waals surface area contributed by atoms with Crippen LogP contribution in [0, 0.1) is 20.8 Å². The molecule has 4 heteroatoms. The number of imidazole rings is 1. The molecule has 172 valence electrons. The van der Waals surface area contributed by atoms with E-state index in [1.807, 2.05) is 30.3 Å². The first-order chi connectivity index (χ1) is 15.8. The van der Waals surface area contributed by atoms with Gasteiger partial charge >= 0.3 is 0 Å². The smallest absolute Gasteiger partial charge is 0.143 e. The molecular weight excluding hydrogens is 408 g/mol. The van der Waals surface area contributed by atoms with Crippen molar-refractivity contribution in [2.24, 2.45) is 0 Å². The fourth-order valence-corrected chi connectivity index (χ4v) is 4.28. The molecule has 0 amide bonds. The van der Waals surface area contributed by atoms with Crippen LogP contribution in [0.2, 0.25) is 0 Å². The van der Waals surface area contributed by atoms with Crippen molar-refractivity contribution < 1.29 is 9.84 Å². The Morgan fingerprint density at radius 1 is 0.939 bits per heavy atom. The van der Waals surface area contributed by atoms with Crippen LogP contribution in [-0.4, -0.2) is 21.3 Å². The Morgan fingerprint density at radius 3 is 2.39 bits per heavy atom. The Kier molecular flexibility index (Phi) is 6.85. The van der Waals surface area contributed by atoms with Crippen molar-refractivity contribution in [2.45, 2.75) is 59.6 Å². The molecule has 0 bridgehead atoms. The van der Waals surface area contributed by atoms with E-state index in [1.165, 1.54) is 22.3 Å². The third-order valence-corrected chi connectivity index (χ3v) is 6.33. The van der Waals surface area contributed by atoms with Crippen molar-refractivity contribution in [3.8, 4) is 5.75 Å². The lowest BCUT2D eigenvalue weighted by Gasteiger charge is -2.17. The number of hydrogen-bond acceptors (Lipinski definition) is 3. The fourth-order valence-electron chi connectivity index (χ4n) is 4.28. The van der Waals surface area contributed by atoms with Crippen LogP contribution in [0.4, 0.5) is 0 Å². The summed E-state index contributed by atoms with van der Waals surface area (Å²) in [6.45, 7) is 12.0. The predicted molar refractivity (Wildman–Crippen MR) is 135 cm³/mol. The van der Waals surface area contributed by atoms with Crippen LogP contribution in [0.3, 0.4) is 0 Å². The van der Waals surface area contributed by atoms with Crippen molar-refractivity contribution >= 4 is 11.0 Å². The maximum Gasteiger partial charge on any atom is 0.143 e. The minimum absolute atomic E-state index is 0.414. The van der Waals surface area contributed by atoms with Crippen molar-refractivity contribution in [3.05, 3.63) is 94.3 Å². The Bertz CT molecular complexity index is 1240. The lowest BCUT2D eigenvalue weighted by Crippen LogP contribution is -2.12. The summed E-state index contributed by atoms with van der Waals surface area (Å²) < 4.78 is 8.38. The first-order valence-electron chi connectivity index (χ1n) is 11.8. The van der Waals surface area contributed by atoms with Gasteiger partial charge in [0.25, 0.3) is 0 Å². The SMILES string of the molecule is Cc1ccc(C(C)C)c(OCCCn2c(C(O)c3ccccc3)nc3cc(C)c(C)cc32)c1. The first-order valence-corrected chi connectivity index (χ1v) is 11.8. The summed E-state index contributed by atoms with van der Waals surface area (Å²) in [5, 5.41) is 11.2. The minimum Gasteiger partial charge on any atom is -0.493 e. The fraction of sp³-hybridized carbons (Fsp3) is 0.345. The number of ether oxygens (including phenoxy) is 1. The van der Waals surface area contributed by atoms with Gasteiger partial charge in [-0.25, -0.2) is 4.98 Å². The highest BCUT2D eigenvalue weighted by molar-refractivity contribution is 5.78. The number of fused-ring (bicyclic) bond motifs is 1. The van der Waals surface area contributed by atoms with Gasteiger partial charge in [0.2, 0.25) is 0 Å². The molecule has 0 aliphatic heterocycles. The van der Waals surface area contributed by atoms with E-state index in [-0.39, 0.29) is 0 Å². The number of nitrogens with zero attached hydrogens (tertiary/aromatic N) is 2. The molecule has 1 heterocycles. The largest absolute Gasteiger partial charge is 0.493 e. The third kappa shape index (κ3) is 4.96. The van der Waals surface area contributed by atoms with Crippen LogP contribution < -0.4 is 4.74 Å². The molecule has 0 radical (unpaired) electrons. The summed E-state index contributed by atoms with van der Waals surface area (Å²) in [5.41, 5.74) is 7.69. The number of aromatic nitrogens is 2. The molecule has 4 nitrogen and oxygen atoms in total. The number of aliphatic hydroxyl groups excluding tert-OH is 1. The van der Waals surface area contributed by atoms with E-state index in [4.69, 9.17) is 9.72 Å². The monoisotopic (exact) mass is 442 g/mol. The first kappa shape index (κ1) is 23.1. The van der Waals surface area contributed by atoms with E-state index in [0.717, 1.165) is 35.3 Å². The van der Waals surface area contributed by atoms with Gasteiger partial charge in [0.15, 0.2) is 0 Å². The zero-order valence-corrected chi connectivity index (χ0v) is 20.3. The standard InChI is InChI=1S/C29H34N2O2/c1-19(2)24-13-12-20(3)16-27(24)33-15-9-14-31-26-18-22(5)21(4)17-25(26)30-29(31)28(32)23-10-7-6-8-11-23/h6-8,10-13,16-19,28,32H,9,14-15H2,1-5H3. The van der Waals surface area contributed by atoms with E-state index in [9.17, 15) is 5.11 Å². The molecule has 0 spiro atoms. The van der Waals surface area contributed by atoms with Crippen LogP contribution in [0.5, 0.6) is 5.75 Å². The van der Waals surface area contributed by atoms with Gasteiger partial charge in [0, 0.05) is 6.54 Å². The molecule has 0 saturated heterocycles. The molecule has 33 heavy (non-hydrogen) atoms. The second kappa shape index (κ2) is 9.80. The summed E-state index contributed by atoms with van der Waals surface area (Å²) in [6, 6.07) is 20.5. The molecule has 1 aromatic heterocycles. The average molecular weight is 443 g/mol. The molecule has 1 N–H and O–H groups in total. The van der Waals surface area contributed by atoms with Crippen LogP contribution in [0.1, 0.15) is 65.9 Å². The van der Waals surface area contributed by atoms with Gasteiger partial charge in [-0.1, -0.05) is 56.3 Å². The molecule has 0 aliphatic rings. The third-order valence-electron chi connectivity index (χ3n) is 6.33. The average Bonchev–Trinajstić information content (AvgIpc) is 3.14. The molecular formula is C29H34N2O2. The summed E-state index contributed by atoms with van der Waals surface area (Å²) in [6.07, 6.45) is 0.0442. The zero-order valence-electron chi connectivity index (χ0n) is 20.3. The van der Waals surface area contributed by atoms with Crippen LogP contribution in [-0.2, 0) is 6.54 Å². The maximum atomic E-state index is 11.2. The molecule has 0 saturated carbocycles. The zero-order chi connectivity index (χ0) is 23.5. The number of rotatable bonds is 8. The van der Waals surface area contributed by atoms with Crippen molar-refractivity contribution in [1.82, 2.24) is 9.55 Å². The second-order valence-electron chi connectivity index (χ2n) is 9.26. The second-order valence-corrected chi connectivity index (χ2v) is 9.26. The molecule has 0 fully saturated rings. The van der Waals surface area contributed by atoms with Crippen molar-refractivity contribution in [2.75, 3.05) is 6.61 Å². The van der Waals surface area contributed by atoms with Gasteiger partial charge in [0.1, 0.15) is 17.7 Å². The highest BCUT2D eigenvalue weighted by atomic mass is 16.5. The van der Waals surface area contributed by atoms with Crippen LogP contribution in [0.15, 0.2) is 60.7 Å². The van der Waals surface area contributed by atoms with E-state index < -0.39 is 6.10 Å². The number of benzene rings is 3. The summed E-state index contributed by atoms with van der Waals surface area (Å²) in [4.78, 5) is 4.85. The van der Waals surface area contributed by atoms with E-state index in [0.29, 0.717) is 18.3 Å². The highest BCUT2D eigenvalue weighted by Crippen LogP contribution is 2.29. The van der Waals surface area contributed by atoms with Crippen LogP contribution in [0.25, 0.3) is 11.0 Å². The lowest BCUT2D eigenvalue weighted by atomic mass is 10.0. The highest BCUT2D eigenvalue weighted by Gasteiger charge is 2.20. The van der Waals surface area contributed by atoms with E-state index >= 15 is 0 Å². The molecule has 0 aliphatic carbocycles. The van der Waals surface area contributed by atoms with Gasteiger partial charge in [-0.15, -0.1) is 0 Å².